The lowest BCUT2D eigenvalue weighted by Gasteiger charge is -2.43. The Morgan fingerprint density at radius 2 is 1.30 bits per heavy atom. The van der Waals surface area contributed by atoms with Gasteiger partial charge in [0, 0.05) is 46.1 Å². The molecule has 2 saturated carbocycles. The van der Waals surface area contributed by atoms with E-state index in [1.165, 1.54) is 25.9 Å². The maximum Gasteiger partial charge on any atom is 0.219 e. The molecule has 2 aliphatic carbocycles. The Morgan fingerprint density at radius 3 is 1.57 bits per heavy atom. The Morgan fingerprint density at radius 1 is 0.825 bits per heavy atom. The zero-order valence-corrected chi connectivity index (χ0v) is 27.6. The number of hydrogen-bond acceptors (Lipinski definition) is 5. The fraction of sp³-hybridized carbons (Fsp3) is 0.939. The highest BCUT2D eigenvalue weighted by molar-refractivity contribution is 5.74. The van der Waals surface area contributed by atoms with Gasteiger partial charge in [-0.15, -0.1) is 0 Å². The van der Waals surface area contributed by atoms with E-state index in [0.717, 1.165) is 68.5 Å². The lowest BCUT2D eigenvalue weighted by Crippen LogP contribution is -2.62. The summed E-state index contributed by atoms with van der Waals surface area (Å²) < 4.78 is 5.13. The van der Waals surface area contributed by atoms with Crippen molar-refractivity contribution < 1.29 is 19.4 Å². The molecule has 5 fully saturated rings. The quantitative estimate of drug-likeness (QED) is 0.415. The van der Waals surface area contributed by atoms with Gasteiger partial charge in [0.25, 0.3) is 0 Å². The summed E-state index contributed by atoms with van der Waals surface area (Å²) in [6, 6.07) is 1.01. The molecule has 0 bridgehead atoms. The number of hydrogen-bond donors (Lipinski definition) is 2. The van der Waals surface area contributed by atoms with Crippen molar-refractivity contribution in [3.05, 3.63) is 0 Å². The first kappa shape index (κ1) is 35.0. The first-order valence-corrected chi connectivity index (χ1v) is 16.1. The van der Waals surface area contributed by atoms with Crippen molar-refractivity contribution in [2.24, 2.45) is 35.5 Å². The zero-order chi connectivity index (χ0) is 30.3. The van der Waals surface area contributed by atoms with Gasteiger partial charge in [-0.05, 0) is 74.0 Å². The molecule has 0 atom stereocenters. The summed E-state index contributed by atoms with van der Waals surface area (Å²) in [5.41, 5.74) is -0.284. The molecule has 0 aromatic carbocycles. The maximum absolute atomic E-state index is 10.9. The summed E-state index contributed by atoms with van der Waals surface area (Å²) >= 11 is 0. The number of ether oxygens (including phenoxy) is 1. The second-order valence-electron chi connectivity index (χ2n) is 15.0. The average molecular weight is 566 g/mol. The van der Waals surface area contributed by atoms with Crippen LogP contribution >= 0.6 is 0 Å². The normalized spacial score (nSPS) is 23.0. The van der Waals surface area contributed by atoms with Gasteiger partial charge in [0.05, 0.1) is 24.4 Å². The molecule has 2 amide bonds. The minimum absolute atomic E-state index is 0.0407. The first-order valence-electron chi connectivity index (χ1n) is 16.1. The molecule has 7 nitrogen and oxygen atoms in total. The van der Waals surface area contributed by atoms with Crippen molar-refractivity contribution >= 4 is 11.8 Å². The molecule has 0 radical (unpaired) electrons. The van der Waals surface area contributed by atoms with Crippen molar-refractivity contribution in [2.45, 2.75) is 125 Å². The van der Waals surface area contributed by atoms with E-state index in [1.807, 2.05) is 4.90 Å². The summed E-state index contributed by atoms with van der Waals surface area (Å²) in [7, 11) is 0. The van der Waals surface area contributed by atoms with Gasteiger partial charge in [0.15, 0.2) is 0 Å². The number of likely N-dealkylation sites (tertiary alicyclic amines) is 2. The van der Waals surface area contributed by atoms with E-state index >= 15 is 0 Å². The predicted octanol–water partition coefficient (Wildman–Crippen LogP) is 5.35. The topological polar surface area (TPSA) is 82.1 Å². The molecule has 0 aromatic rings. The van der Waals surface area contributed by atoms with Gasteiger partial charge in [0.1, 0.15) is 0 Å². The second-order valence-corrected chi connectivity index (χ2v) is 15.0. The van der Waals surface area contributed by atoms with Crippen molar-refractivity contribution in [3.8, 4) is 0 Å². The van der Waals surface area contributed by atoms with Crippen LogP contribution in [0.15, 0.2) is 0 Å². The third kappa shape index (κ3) is 12.4. The zero-order valence-electron chi connectivity index (χ0n) is 27.6. The molecule has 0 aromatic heterocycles. The van der Waals surface area contributed by atoms with E-state index in [2.05, 4.69) is 65.6 Å². The highest BCUT2D eigenvalue weighted by Gasteiger charge is 2.41. The van der Waals surface area contributed by atoms with E-state index < -0.39 is 0 Å². The number of amides is 2. The largest absolute Gasteiger partial charge is 0.390 e. The predicted molar refractivity (Wildman–Crippen MR) is 164 cm³/mol. The summed E-state index contributed by atoms with van der Waals surface area (Å²) in [5.74, 6) is 4.93. The van der Waals surface area contributed by atoms with E-state index in [9.17, 15) is 14.7 Å². The first-order chi connectivity index (χ1) is 18.5. The Hall–Kier alpha value is -1.18. The van der Waals surface area contributed by atoms with Gasteiger partial charge in [-0.2, -0.15) is 0 Å². The number of nitrogens with one attached hydrogen (secondary N) is 1. The SMILES string of the molecule is CC(=O)N1CC(C(C)C)C1.CC(=O)NC1(CC(C)C)COC1.CC(C)C1CN(C2CC2)C1.CC(C)CC1(O)CC1. The minimum atomic E-state index is -0.228. The van der Waals surface area contributed by atoms with Crippen molar-refractivity contribution in [3.63, 3.8) is 0 Å². The van der Waals surface area contributed by atoms with Gasteiger partial charge >= 0.3 is 0 Å². The molecule has 3 heterocycles. The lowest BCUT2D eigenvalue weighted by molar-refractivity contribution is -0.136. The molecule has 7 heteroatoms. The second kappa shape index (κ2) is 15.3. The van der Waals surface area contributed by atoms with Gasteiger partial charge in [0.2, 0.25) is 11.8 Å². The van der Waals surface area contributed by atoms with Crippen molar-refractivity contribution in [1.82, 2.24) is 15.1 Å². The molecule has 234 valence electrons. The lowest BCUT2D eigenvalue weighted by atomic mass is 9.87. The monoisotopic (exact) mass is 565 g/mol. The highest BCUT2D eigenvalue weighted by Crippen LogP contribution is 2.40. The molecule has 3 saturated heterocycles. The van der Waals surface area contributed by atoms with Crippen LogP contribution < -0.4 is 5.32 Å². The van der Waals surface area contributed by atoms with E-state index in [1.54, 1.807) is 13.8 Å². The summed E-state index contributed by atoms with van der Waals surface area (Å²) in [6.45, 7) is 27.0. The molecule has 0 unspecified atom stereocenters. The van der Waals surface area contributed by atoms with Gasteiger partial charge in [-0.1, -0.05) is 55.4 Å². The van der Waals surface area contributed by atoms with Gasteiger partial charge < -0.3 is 20.1 Å². The fourth-order valence-corrected chi connectivity index (χ4v) is 5.75. The van der Waals surface area contributed by atoms with Crippen LogP contribution in [0.25, 0.3) is 0 Å². The van der Waals surface area contributed by atoms with Crippen LogP contribution in [0.2, 0.25) is 0 Å². The Kier molecular flexibility index (Phi) is 13.4. The van der Waals surface area contributed by atoms with Crippen LogP contribution in [0.5, 0.6) is 0 Å². The Balaban J connectivity index is 0.000000188. The summed E-state index contributed by atoms with van der Waals surface area (Å²) in [6.07, 6.45) is 7.02. The molecule has 2 N–H and O–H groups in total. The van der Waals surface area contributed by atoms with Crippen LogP contribution in [-0.4, -0.2) is 83.3 Å². The van der Waals surface area contributed by atoms with Crippen LogP contribution in [0.4, 0.5) is 0 Å². The smallest absolute Gasteiger partial charge is 0.219 e. The van der Waals surface area contributed by atoms with Crippen LogP contribution in [0.1, 0.15) is 108 Å². The van der Waals surface area contributed by atoms with Crippen LogP contribution in [0.3, 0.4) is 0 Å². The average Bonchev–Trinajstić information content (AvgIpc) is 3.62. The van der Waals surface area contributed by atoms with E-state index in [0.29, 0.717) is 25.0 Å². The molecule has 5 rings (SSSR count). The van der Waals surface area contributed by atoms with Crippen molar-refractivity contribution in [1.29, 1.82) is 0 Å². The number of carbonyl (C=O) groups excluding carboxylic acids is 2. The third-order valence-corrected chi connectivity index (χ3v) is 8.85. The van der Waals surface area contributed by atoms with Gasteiger partial charge in [-0.25, -0.2) is 0 Å². The summed E-state index contributed by atoms with van der Waals surface area (Å²) in [4.78, 5) is 26.1. The molecule has 40 heavy (non-hydrogen) atoms. The van der Waals surface area contributed by atoms with Crippen LogP contribution in [-0.2, 0) is 14.3 Å². The molecule has 3 aliphatic heterocycles. The van der Waals surface area contributed by atoms with Gasteiger partial charge in [-0.3, -0.25) is 14.5 Å². The number of rotatable bonds is 8. The van der Waals surface area contributed by atoms with Crippen LogP contribution in [0, 0.1) is 35.5 Å². The number of carbonyl (C=O) groups is 2. The molecule has 5 aliphatic rings. The highest BCUT2D eigenvalue weighted by atomic mass is 16.5. The van der Waals surface area contributed by atoms with E-state index in [4.69, 9.17) is 4.74 Å². The Labute approximate surface area is 246 Å². The number of nitrogens with zero attached hydrogens (tertiary/aromatic N) is 2. The summed E-state index contributed by atoms with van der Waals surface area (Å²) in [5, 5.41) is 12.3. The number of aliphatic hydroxyl groups is 1. The minimum Gasteiger partial charge on any atom is -0.390 e. The molecular formula is C33H63N3O4. The van der Waals surface area contributed by atoms with Crippen molar-refractivity contribution in [2.75, 3.05) is 39.4 Å². The standard InChI is InChI=1S/C9H17NO2.C9H17N.C8H15NO.C7H14O/c1-7(2)4-9(5-12-6-9)10-8(3)11;1-7(2)8-5-10(6-8)9-3-4-9;1-6(2)8-4-9(5-8)7(3)10;1-6(2)5-7(8)3-4-7/h7H,4-6H2,1-3H3,(H,10,11);7-9H,3-6H2,1-2H3;6,8H,4-5H2,1-3H3;6,8H,3-5H2,1-2H3. The van der Waals surface area contributed by atoms with E-state index in [-0.39, 0.29) is 23.0 Å². The molecular weight excluding hydrogens is 502 g/mol. The maximum atomic E-state index is 10.9. The third-order valence-electron chi connectivity index (χ3n) is 8.85. The fourth-order valence-electron chi connectivity index (χ4n) is 5.75. The molecule has 0 spiro atoms. The Bertz CT molecular complexity index is 767.